The molecule has 0 aromatic carbocycles. The Balaban J connectivity index is 1.17. The highest BCUT2D eigenvalue weighted by Gasteiger charge is 2.42. The Morgan fingerprint density at radius 2 is 1.09 bits per heavy atom. The number of unbranched alkanes of at least 4 members (excludes halogenated alkanes) is 1. The van der Waals surface area contributed by atoms with E-state index in [9.17, 15) is 9.59 Å². The minimum atomic E-state index is -0.0592. The number of hydrogen-bond donors (Lipinski definition) is 4. The Labute approximate surface area is 278 Å². The van der Waals surface area contributed by atoms with Crippen molar-refractivity contribution in [3.63, 3.8) is 0 Å². The second kappa shape index (κ2) is 29.8. The standard InChI is InChI=1S/C30H58N4O11S/c31-5-7-37-9-11-39-13-15-41-17-19-43-21-23-45-24-22-44-20-18-42-16-14-40-12-10-38-8-6-32-28(35)4-2-1-3-27-29-26(25-46-27)33-30(36)34-29/h26-27,29H,1-25,31H2,(H,32,35)(H2,33,34,36)/t26-,27+,29-/m1/s1. The van der Waals surface area contributed by atoms with Gasteiger partial charge in [-0.15, -0.1) is 0 Å². The number of carbonyl (C=O) groups is 2. The first kappa shape index (κ1) is 40.9. The molecule has 15 nitrogen and oxygen atoms in total. The lowest BCUT2D eigenvalue weighted by Gasteiger charge is -2.16. The lowest BCUT2D eigenvalue weighted by Crippen LogP contribution is -2.36. The highest BCUT2D eigenvalue weighted by atomic mass is 32.2. The molecular weight excluding hydrogens is 624 g/mol. The third-order valence-corrected chi connectivity index (χ3v) is 8.40. The van der Waals surface area contributed by atoms with Crippen LogP contribution in [0.4, 0.5) is 4.79 Å². The zero-order valence-corrected chi connectivity index (χ0v) is 28.2. The van der Waals surface area contributed by atoms with Gasteiger partial charge in [-0.1, -0.05) is 6.42 Å². The van der Waals surface area contributed by atoms with Crippen molar-refractivity contribution in [2.24, 2.45) is 5.73 Å². The molecule has 2 aliphatic heterocycles. The molecule has 270 valence electrons. The SMILES string of the molecule is NCCOCCOCCOCCOCCOCCOCCOCCOCCOCCNC(=O)CCCC[C@@H]1SC[C@H]2NC(=O)N[C@@H]12. The Kier molecular flexibility index (Phi) is 26.5. The Morgan fingerprint density at radius 3 is 1.54 bits per heavy atom. The van der Waals surface area contributed by atoms with E-state index in [0.717, 1.165) is 25.0 Å². The largest absolute Gasteiger partial charge is 0.378 e. The fourth-order valence-corrected chi connectivity index (χ4v) is 6.11. The van der Waals surface area contributed by atoms with Crippen molar-refractivity contribution < 1.29 is 52.2 Å². The van der Waals surface area contributed by atoms with Gasteiger partial charge in [0.2, 0.25) is 5.91 Å². The van der Waals surface area contributed by atoms with E-state index in [0.29, 0.717) is 144 Å². The van der Waals surface area contributed by atoms with Crippen LogP contribution in [0.25, 0.3) is 0 Å². The average molecular weight is 683 g/mol. The molecule has 0 aliphatic carbocycles. The maximum absolute atomic E-state index is 12.0. The van der Waals surface area contributed by atoms with Crippen LogP contribution in [0.3, 0.4) is 0 Å². The molecule has 2 aliphatic rings. The van der Waals surface area contributed by atoms with Crippen LogP contribution in [0.2, 0.25) is 0 Å². The van der Waals surface area contributed by atoms with Crippen LogP contribution >= 0.6 is 11.8 Å². The highest BCUT2D eigenvalue weighted by Crippen LogP contribution is 2.33. The van der Waals surface area contributed by atoms with Gasteiger partial charge in [0.15, 0.2) is 0 Å². The second-order valence-corrected chi connectivity index (χ2v) is 11.8. The zero-order valence-electron chi connectivity index (χ0n) is 27.4. The van der Waals surface area contributed by atoms with Crippen molar-refractivity contribution in [3.05, 3.63) is 0 Å². The average Bonchev–Trinajstić information content (AvgIpc) is 3.61. The third-order valence-electron chi connectivity index (χ3n) is 6.89. The second-order valence-electron chi connectivity index (χ2n) is 10.5. The molecule has 0 saturated carbocycles. The van der Waals surface area contributed by atoms with Crippen LogP contribution in [0.1, 0.15) is 25.7 Å². The highest BCUT2D eigenvalue weighted by molar-refractivity contribution is 8.00. The first-order valence-corrected chi connectivity index (χ1v) is 17.6. The molecule has 2 fully saturated rings. The summed E-state index contributed by atoms with van der Waals surface area (Å²) in [6.45, 7) is 10.1. The van der Waals surface area contributed by atoms with Gasteiger partial charge < -0.3 is 64.3 Å². The van der Waals surface area contributed by atoms with Crippen LogP contribution in [0.15, 0.2) is 0 Å². The molecular formula is C30H58N4O11S. The first-order chi connectivity index (χ1) is 22.7. The minimum absolute atomic E-state index is 0.0453. The smallest absolute Gasteiger partial charge is 0.315 e. The quantitative estimate of drug-likeness (QED) is 0.0524. The molecule has 5 N–H and O–H groups in total. The zero-order chi connectivity index (χ0) is 32.8. The minimum Gasteiger partial charge on any atom is -0.378 e. The number of nitrogens with one attached hydrogen (secondary N) is 3. The summed E-state index contributed by atoms with van der Waals surface area (Å²) < 4.78 is 48.8. The molecule has 2 saturated heterocycles. The lowest BCUT2D eigenvalue weighted by atomic mass is 10.0. The Bertz CT molecular complexity index is 747. The summed E-state index contributed by atoms with van der Waals surface area (Å²) in [5.41, 5.74) is 5.33. The summed E-state index contributed by atoms with van der Waals surface area (Å²) in [6, 6.07) is 0.414. The number of urea groups is 1. The molecule has 0 spiro atoms. The van der Waals surface area contributed by atoms with Crippen molar-refractivity contribution in [2.45, 2.75) is 43.0 Å². The predicted molar refractivity (Wildman–Crippen MR) is 173 cm³/mol. The van der Waals surface area contributed by atoms with Crippen molar-refractivity contribution >= 4 is 23.7 Å². The van der Waals surface area contributed by atoms with E-state index in [4.69, 9.17) is 48.4 Å². The molecule has 0 unspecified atom stereocenters. The molecule has 0 bridgehead atoms. The molecule has 0 radical (unpaired) electrons. The number of ether oxygens (including phenoxy) is 9. The van der Waals surface area contributed by atoms with Gasteiger partial charge in [-0.3, -0.25) is 4.79 Å². The Hall–Kier alpha value is -1.31. The van der Waals surface area contributed by atoms with Gasteiger partial charge in [0, 0.05) is 30.5 Å². The van der Waals surface area contributed by atoms with Gasteiger partial charge in [0.1, 0.15) is 0 Å². The number of thioether (sulfide) groups is 1. The summed E-state index contributed by atoms with van der Waals surface area (Å²) in [5, 5.41) is 9.28. The number of amides is 3. The van der Waals surface area contributed by atoms with Gasteiger partial charge >= 0.3 is 6.03 Å². The lowest BCUT2D eigenvalue weighted by molar-refractivity contribution is -0.121. The van der Waals surface area contributed by atoms with E-state index in [2.05, 4.69) is 16.0 Å². The van der Waals surface area contributed by atoms with Crippen molar-refractivity contribution in [2.75, 3.05) is 138 Å². The number of rotatable bonds is 34. The monoisotopic (exact) mass is 682 g/mol. The Morgan fingerprint density at radius 1 is 0.652 bits per heavy atom. The summed E-state index contributed by atoms with van der Waals surface area (Å²) >= 11 is 1.90. The van der Waals surface area contributed by atoms with Crippen LogP contribution in [-0.4, -0.2) is 167 Å². The molecule has 46 heavy (non-hydrogen) atoms. The number of nitrogens with two attached hydrogens (primary N) is 1. The van der Waals surface area contributed by atoms with Crippen molar-refractivity contribution in [3.8, 4) is 0 Å². The molecule has 3 atom stereocenters. The topological polar surface area (TPSA) is 179 Å². The van der Waals surface area contributed by atoms with E-state index in [1.54, 1.807) is 0 Å². The normalized spacial score (nSPS) is 18.9. The van der Waals surface area contributed by atoms with E-state index in [-0.39, 0.29) is 24.0 Å². The molecule has 0 aromatic rings. The summed E-state index contributed by atoms with van der Waals surface area (Å²) in [5.74, 6) is 1.01. The van der Waals surface area contributed by atoms with E-state index in [1.807, 2.05) is 11.8 Å². The van der Waals surface area contributed by atoms with E-state index >= 15 is 0 Å². The van der Waals surface area contributed by atoms with Gasteiger partial charge in [-0.2, -0.15) is 11.8 Å². The summed E-state index contributed by atoms with van der Waals surface area (Å²) in [6.07, 6.45) is 3.35. The molecule has 2 rings (SSSR count). The van der Waals surface area contributed by atoms with Crippen LogP contribution in [0.5, 0.6) is 0 Å². The summed E-state index contributed by atoms with van der Waals surface area (Å²) in [4.78, 5) is 23.5. The van der Waals surface area contributed by atoms with Crippen molar-refractivity contribution in [1.82, 2.24) is 16.0 Å². The fourth-order valence-electron chi connectivity index (χ4n) is 4.57. The fraction of sp³-hybridized carbons (Fsp3) is 0.933. The molecule has 16 heteroatoms. The van der Waals surface area contributed by atoms with Crippen LogP contribution in [-0.2, 0) is 47.4 Å². The molecule has 3 amide bonds. The van der Waals surface area contributed by atoms with Gasteiger partial charge in [0.05, 0.1) is 131 Å². The van der Waals surface area contributed by atoms with Crippen LogP contribution < -0.4 is 21.7 Å². The first-order valence-electron chi connectivity index (χ1n) is 16.6. The van der Waals surface area contributed by atoms with Gasteiger partial charge in [0.25, 0.3) is 0 Å². The molecule has 0 aromatic heterocycles. The number of carbonyl (C=O) groups excluding carboxylic acids is 2. The molecule has 2 heterocycles. The van der Waals surface area contributed by atoms with Crippen LogP contribution in [0, 0.1) is 0 Å². The predicted octanol–water partition coefficient (Wildman–Crippen LogP) is -0.0635. The van der Waals surface area contributed by atoms with Gasteiger partial charge in [-0.25, -0.2) is 4.79 Å². The summed E-state index contributed by atoms with van der Waals surface area (Å²) in [7, 11) is 0. The maximum atomic E-state index is 12.0. The maximum Gasteiger partial charge on any atom is 0.315 e. The van der Waals surface area contributed by atoms with Crippen molar-refractivity contribution in [1.29, 1.82) is 0 Å². The van der Waals surface area contributed by atoms with E-state index in [1.165, 1.54) is 0 Å². The number of fused-ring (bicyclic) bond motifs is 1. The number of hydrogen-bond acceptors (Lipinski definition) is 13. The van der Waals surface area contributed by atoms with Gasteiger partial charge in [-0.05, 0) is 12.8 Å². The third kappa shape index (κ3) is 22.3. The van der Waals surface area contributed by atoms with E-state index < -0.39 is 0 Å².